The number of carbonyl (C=O) groups is 1. The van der Waals surface area contributed by atoms with Crippen LogP contribution in [0.4, 0.5) is 0 Å². The number of benzene rings is 1. The number of amides is 1. The molecule has 1 aromatic carbocycles. The lowest BCUT2D eigenvalue weighted by Gasteiger charge is -2.23. The highest BCUT2D eigenvalue weighted by molar-refractivity contribution is 5.78. The molecule has 1 saturated heterocycles. The number of para-hydroxylation sites is 1. The second kappa shape index (κ2) is 5.64. The summed E-state index contributed by atoms with van der Waals surface area (Å²) < 4.78 is 5.88. The molecule has 0 radical (unpaired) electrons. The summed E-state index contributed by atoms with van der Waals surface area (Å²) in [6.45, 7) is 8.68. The fraction of sp³-hybridized carbons (Fsp3) is 0.562. The van der Waals surface area contributed by atoms with Crippen molar-refractivity contribution in [3.63, 3.8) is 0 Å². The van der Waals surface area contributed by atoms with Crippen LogP contribution in [-0.4, -0.2) is 30.5 Å². The van der Waals surface area contributed by atoms with Gasteiger partial charge in [-0.25, -0.2) is 0 Å². The maximum absolute atomic E-state index is 11.5. The van der Waals surface area contributed by atoms with Crippen molar-refractivity contribution in [1.82, 2.24) is 4.90 Å². The normalized spacial score (nSPS) is 15.9. The van der Waals surface area contributed by atoms with Gasteiger partial charge in [0.25, 0.3) is 0 Å². The molecule has 1 amide bonds. The Morgan fingerprint density at radius 3 is 2.63 bits per heavy atom. The van der Waals surface area contributed by atoms with Gasteiger partial charge in [-0.05, 0) is 23.5 Å². The Hall–Kier alpha value is -1.51. The van der Waals surface area contributed by atoms with Crippen molar-refractivity contribution < 1.29 is 9.53 Å². The van der Waals surface area contributed by atoms with Crippen molar-refractivity contribution in [3.8, 4) is 5.75 Å². The zero-order chi connectivity index (χ0) is 13.9. The second-order valence-electron chi connectivity index (χ2n) is 6.08. The van der Waals surface area contributed by atoms with Crippen LogP contribution in [0.25, 0.3) is 0 Å². The molecular formula is C16H23NO2. The summed E-state index contributed by atoms with van der Waals surface area (Å²) in [5.41, 5.74) is 1.28. The fourth-order valence-corrected chi connectivity index (χ4v) is 2.42. The summed E-state index contributed by atoms with van der Waals surface area (Å²) in [7, 11) is 0. The molecule has 0 aromatic heterocycles. The Morgan fingerprint density at radius 1 is 1.26 bits per heavy atom. The summed E-state index contributed by atoms with van der Waals surface area (Å²) in [6.07, 6.45) is 1.68. The van der Waals surface area contributed by atoms with Gasteiger partial charge >= 0.3 is 0 Å². The van der Waals surface area contributed by atoms with Crippen LogP contribution >= 0.6 is 0 Å². The van der Waals surface area contributed by atoms with Crippen LogP contribution in [-0.2, 0) is 10.2 Å². The lowest BCUT2D eigenvalue weighted by molar-refractivity contribution is -0.128. The quantitative estimate of drug-likeness (QED) is 0.834. The monoisotopic (exact) mass is 261 g/mol. The maximum atomic E-state index is 11.5. The van der Waals surface area contributed by atoms with Gasteiger partial charge in [-0.3, -0.25) is 4.79 Å². The zero-order valence-electron chi connectivity index (χ0n) is 12.1. The van der Waals surface area contributed by atoms with Gasteiger partial charge in [-0.1, -0.05) is 39.0 Å². The minimum absolute atomic E-state index is 0.0695. The van der Waals surface area contributed by atoms with Crippen LogP contribution in [0.2, 0.25) is 0 Å². The SMILES string of the molecule is CC(C)(C)c1ccccc1OCCN1CCCC1=O. The highest BCUT2D eigenvalue weighted by atomic mass is 16.5. The number of hydrogen-bond acceptors (Lipinski definition) is 2. The summed E-state index contributed by atoms with van der Waals surface area (Å²) in [6, 6.07) is 8.14. The zero-order valence-corrected chi connectivity index (χ0v) is 12.1. The van der Waals surface area contributed by atoms with Crippen molar-refractivity contribution in [2.75, 3.05) is 19.7 Å². The second-order valence-corrected chi connectivity index (χ2v) is 6.08. The van der Waals surface area contributed by atoms with Crippen molar-refractivity contribution in [2.24, 2.45) is 0 Å². The number of rotatable bonds is 4. The molecular weight excluding hydrogens is 238 g/mol. The predicted molar refractivity (Wildman–Crippen MR) is 76.5 cm³/mol. The van der Waals surface area contributed by atoms with Crippen LogP contribution < -0.4 is 4.74 Å². The first-order valence-electron chi connectivity index (χ1n) is 6.98. The lowest BCUT2D eigenvalue weighted by Crippen LogP contribution is -2.29. The Balaban J connectivity index is 1.94. The minimum atomic E-state index is 0.0695. The first-order valence-corrected chi connectivity index (χ1v) is 6.98. The molecule has 0 saturated carbocycles. The summed E-state index contributed by atoms with van der Waals surface area (Å²) >= 11 is 0. The molecule has 2 rings (SSSR count). The Labute approximate surface area is 115 Å². The Bertz CT molecular complexity index is 448. The smallest absolute Gasteiger partial charge is 0.222 e. The minimum Gasteiger partial charge on any atom is -0.491 e. The molecule has 1 aliphatic heterocycles. The molecule has 0 unspecified atom stereocenters. The first-order chi connectivity index (χ1) is 8.98. The van der Waals surface area contributed by atoms with Crippen molar-refractivity contribution in [3.05, 3.63) is 29.8 Å². The molecule has 0 atom stereocenters. The lowest BCUT2D eigenvalue weighted by atomic mass is 9.86. The van der Waals surface area contributed by atoms with E-state index in [4.69, 9.17) is 4.74 Å². The van der Waals surface area contributed by atoms with E-state index in [1.165, 1.54) is 5.56 Å². The van der Waals surface area contributed by atoms with E-state index in [9.17, 15) is 4.79 Å². The molecule has 0 N–H and O–H groups in total. The summed E-state index contributed by atoms with van der Waals surface area (Å²) in [5, 5.41) is 0. The molecule has 3 nitrogen and oxygen atoms in total. The van der Waals surface area contributed by atoms with E-state index in [1.54, 1.807) is 0 Å². The molecule has 1 aliphatic rings. The van der Waals surface area contributed by atoms with Crippen LogP contribution in [0.15, 0.2) is 24.3 Å². The molecule has 104 valence electrons. The number of hydrogen-bond donors (Lipinski definition) is 0. The van der Waals surface area contributed by atoms with Crippen molar-refractivity contribution in [2.45, 2.75) is 39.0 Å². The molecule has 0 aliphatic carbocycles. The fourth-order valence-electron chi connectivity index (χ4n) is 2.42. The molecule has 1 fully saturated rings. The van der Waals surface area contributed by atoms with E-state index < -0.39 is 0 Å². The van der Waals surface area contributed by atoms with Gasteiger partial charge in [-0.15, -0.1) is 0 Å². The highest BCUT2D eigenvalue weighted by Crippen LogP contribution is 2.30. The molecule has 0 spiro atoms. The first kappa shape index (κ1) is 13.9. The van der Waals surface area contributed by atoms with Gasteiger partial charge in [0.1, 0.15) is 12.4 Å². The molecule has 3 heteroatoms. The van der Waals surface area contributed by atoms with E-state index in [0.717, 1.165) is 18.7 Å². The van der Waals surface area contributed by atoms with Crippen molar-refractivity contribution in [1.29, 1.82) is 0 Å². The molecule has 19 heavy (non-hydrogen) atoms. The largest absolute Gasteiger partial charge is 0.491 e. The number of ether oxygens (including phenoxy) is 1. The average Bonchev–Trinajstić information content (AvgIpc) is 2.75. The van der Waals surface area contributed by atoms with Crippen LogP contribution in [0.5, 0.6) is 5.75 Å². The van der Waals surface area contributed by atoms with E-state index >= 15 is 0 Å². The van der Waals surface area contributed by atoms with Crippen LogP contribution in [0, 0.1) is 0 Å². The van der Waals surface area contributed by atoms with Gasteiger partial charge in [0, 0.05) is 13.0 Å². The van der Waals surface area contributed by atoms with Crippen LogP contribution in [0.3, 0.4) is 0 Å². The third-order valence-electron chi connectivity index (χ3n) is 3.49. The van der Waals surface area contributed by atoms with Gasteiger partial charge in [-0.2, -0.15) is 0 Å². The topological polar surface area (TPSA) is 29.5 Å². The number of carbonyl (C=O) groups excluding carboxylic acids is 1. The third kappa shape index (κ3) is 3.49. The van der Waals surface area contributed by atoms with Crippen LogP contribution in [0.1, 0.15) is 39.2 Å². The standard InChI is InChI=1S/C16H23NO2/c1-16(2,3)13-7-4-5-8-14(13)19-12-11-17-10-6-9-15(17)18/h4-5,7-8H,6,9-12H2,1-3H3. The Kier molecular flexibility index (Phi) is 4.13. The van der Waals surface area contributed by atoms with Gasteiger partial charge in [0.2, 0.25) is 5.91 Å². The van der Waals surface area contributed by atoms with Gasteiger partial charge < -0.3 is 9.64 Å². The van der Waals surface area contributed by atoms with E-state index in [-0.39, 0.29) is 11.3 Å². The molecule has 1 aromatic rings. The Morgan fingerprint density at radius 2 is 2.00 bits per heavy atom. The van der Waals surface area contributed by atoms with Gasteiger partial charge in [0.05, 0.1) is 6.54 Å². The maximum Gasteiger partial charge on any atom is 0.222 e. The predicted octanol–water partition coefficient (Wildman–Crippen LogP) is 2.99. The average molecular weight is 261 g/mol. The summed E-state index contributed by atoms with van der Waals surface area (Å²) in [4.78, 5) is 13.4. The molecule has 1 heterocycles. The number of nitrogens with zero attached hydrogens (tertiary/aromatic N) is 1. The van der Waals surface area contributed by atoms with E-state index in [0.29, 0.717) is 19.6 Å². The van der Waals surface area contributed by atoms with Gasteiger partial charge in [0.15, 0.2) is 0 Å². The highest BCUT2D eigenvalue weighted by Gasteiger charge is 2.21. The van der Waals surface area contributed by atoms with E-state index in [1.807, 2.05) is 23.1 Å². The van der Waals surface area contributed by atoms with Crippen molar-refractivity contribution >= 4 is 5.91 Å². The third-order valence-corrected chi connectivity index (χ3v) is 3.49. The number of likely N-dealkylation sites (tertiary alicyclic amines) is 1. The summed E-state index contributed by atoms with van der Waals surface area (Å²) in [5.74, 6) is 1.19. The molecule has 0 bridgehead atoms. The van der Waals surface area contributed by atoms with E-state index in [2.05, 4.69) is 26.8 Å².